The van der Waals surface area contributed by atoms with E-state index in [0.717, 1.165) is 24.7 Å². The van der Waals surface area contributed by atoms with Crippen LogP contribution in [0.3, 0.4) is 0 Å². The first-order valence-corrected chi connectivity index (χ1v) is 5.39. The van der Waals surface area contributed by atoms with Crippen LogP contribution in [0.5, 0.6) is 0 Å². The third-order valence-electron chi connectivity index (χ3n) is 2.52. The molecule has 0 aliphatic heterocycles. The summed E-state index contributed by atoms with van der Waals surface area (Å²) >= 11 is 0. The van der Waals surface area contributed by atoms with E-state index in [-0.39, 0.29) is 0 Å². The molecule has 0 radical (unpaired) electrons. The number of likely N-dealkylation sites (N-methyl/N-ethyl adjacent to an activating group) is 2. The molecule has 0 atom stereocenters. The summed E-state index contributed by atoms with van der Waals surface area (Å²) in [4.78, 5) is 6.52. The van der Waals surface area contributed by atoms with E-state index in [9.17, 15) is 0 Å². The van der Waals surface area contributed by atoms with Gasteiger partial charge in [0.05, 0.1) is 0 Å². The summed E-state index contributed by atoms with van der Waals surface area (Å²) in [6.07, 6.45) is 1.94. The summed E-state index contributed by atoms with van der Waals surface area (Å²) in [5.74, 6) is 0.765. The maximum Gasteiger partial charge on any atom is 0.245 e. The number of pyridine rings is 1. The Hall–Kier alpha value is -1.62. The number of nitrogens with one attached hydrogen (secondary N) is 1. The molecule has 1 N–H and O–H groups in total. The zero-order valence-electron chi connectivity index (χ0n) is 9.94. The molecule has 16 heavy (non-hydrogen) atoms. The number of hydrogen-bond acceptors (Lipinski definition) is 4. The molecule has 0 unspecified atom stereocenters. The summed E-state index contributed by atoms with van der Waals surface area (Å²) in [6.45, 7) is 3.87. The van der Waals surface area contributed by atoms with Crippen molar-refractivity contribution in [1.29, 1.82) is 0 Å². The summed E-state index contributed by atoms with van der Waals surface area (Å²) in [5, 5.41) is 7.52. The Labute approximate surface area is 95.1 Å². The Balaban J connectivity index is 2.25. The van der Waals surface area contributed by atoms with Crippen LogP contribution in [0, 0.1) is 6.92 Å². The number of aromatic nitrogens is 3. The van der Waals surface area contributed by atoms with Crippen LogP contribution in [0.2, 0.25) is 0 Å². The van der Waals surface area contributed by atoms with Gasteiger partial charge in [0.2, 0.25) is 5.95 Å². The van der Waals surface area contributed by atoms with Crippen LogP contribution in [0.4, 0.5) is 5.95 Å². The normalized spacial score (nSPS) is 10.9. The van der Waals surface area contributed by atoms with Gasteiger partial charge in [0.15, 0.2) is 5.65 Å². The number of fused-ring (bicyclic) bond motifs is 1. The Kier molecular flexibility index (Phi) is 3.05. The summed E-state index contributed by atoms with van der Waals surface area (Å²) in [5.41, 5.74) is 2.09. The fourth-order valence-corrected chi connectivity index (χ4v) is 1.51. The largest absolute Gasteiger partial charge is 0.341 e. The van der Waals surface area contributed by atoms with Crippen LogP contribution < -0.4 is 10.2 Å². The molecule has 0 aliphatic carbocycles. The van der Waals surface area contributed by atoms with E-state index in [0.29, 0.717) is 0 Å². The predicted octanol–water partition coefficient (Wildman–Crippen LogP) is 0.693. The van der Waals surface area contributed by atoms with Crippen molar-refractivity contribution in [3.8, 4) is 0 Å². The van der Waals surface area contributed by atoms with Gasteiger partial charge in [-0.2, -0.15) is 4.98 Å². The van der Waals surface area contributed by atoms with Crippen molar-refractivity contribution in [3.05, 3.63) is 23.9 Å². The second kappa shape index (κ2) is 4.49. The molecule has 0 fully saturated rings. The molecule has 5 nitrogen and oxygen atoms in total. The lowest BCUT2D eigenvalue weighted by Crippen LogP contribution is -2.27. The van der Waals surface area contributed by atoms with Crippen molar-refractivity contribution in [2.45, 2.75) is 6.92 Å². The van der Waals surface area contributed by atoms with E-state index in [1.165, 1.54) is 5.56 Å². The Morgan fingerprint density at radius 3 is 3.06 bits per heavy atom. The highest BCUT2D eigenvalue weighted by Gasteiger charge is 2.07. The standard InChI is InChI=1S/C11H17N5/c1-9-4-6-16-10(8-9)13-11(14-16)15(3)7-5-12-2/h4,6,8,12H,5,7H2,1-3H3. The van der Waals surface area contributed by atoms with E-state index < -0.39 is 0 Å². The molecular weight excluding hydrogens is 202 g/mol. The van der Waals surface area contributed by atoms with Crippen molar-refractivity contribution in [2.24, 2.45) is 0 Å². The van der Waals surface area contributed by atoms with Gasteiger partial charge in [0.25, 0.3) is 0 Å². The summed E-state index contributed by atoms with van der Waals surface area (Å²) < 4.78 is 1.80. The van der Waals surface area contributed by atoms with Crippen LogP contribution in [0.1, 0.15) is 5.56 Å². The first kappa shape index (κ1) is 10.9. The molecule has 0 amide bonds. The minimum atomic E-state index is 0.765. The quantitative estimate of drug-likeness (QED) is 0.822. The van der Waals surface area contributed by atoms with Gasteiger partial charge in [-0.3, -0.25) is 0 Å². The number of nitrogens with zero attached hydrogens (tertiary/aromatic N) is 4. The number of rotatable bonds is 4. The minimum Gasteiger partial charge on any atom is -0.341 e. The molecule has 0 saturated carbocycles. The monoisotopic (exact) mass is 219 g/mol. The summed E-state index contributed by atoms with van der Waals surface area (Å²) in [6, 6.07) is 4.06. The van der Waals surface area contributed by atoms with Gasteiger partial charge in [-0.25, -0.2) is 4.52 Å². The second-order valence-electron chi connectivity index (χ2n) is 3.94. The molecular formula is C11H17N5. The molecule has 5 heteroatoms. The molecule has 2 rings (SSSR count). The van der Waals surface area contributed by atoms with E-state index in [1.54, 1.807) is 4.52 Å². The number of hydrogen-bond donors (Lipinski definition) is 1. The lowest BCUT2D eigenvalue weighted by Gasteiger charge is -2.13. The molecule has 0 aliphatic rings. The highest BCUT2D eigenvalue weighted by Crippen LogP contribution is 2.09. The zero-order chi connectivity index (χ0) is 11.5. The molecule has 2 aromatic heterocycles. The van der Waals surface area contributed by atoms with Gasteiger partial charge < -0.3 is 10.2 Å². The lowest BCUT2D eigenvalue weighted by molar-refractivity contribution is 0.751. The average Bonchev–Trinajstić information content (AvgIpc) is 2.68. The minimum absolute atomic E-state index is 0.765. The molecule has 86 valence electrons. The van der Waals surface area contributed by atoms with Crippen LogP contribution in [-0.4, -0.2) is 41.8 Å². The molecule has 0 bridgehead atoms. The molecule has 2 heterocycles. The number of anilines is 1. The fourth-order valence-electron chi connectivity index (χ4n) is 1.51. The molecule has 2 aromatic rings. The van der Waals surface area contributed by atoms with Gasteiger partial charge in [0.1, 0.15) is 0 Å². The number of aryl methyl sites for hydroxylation is 1. The van der Waals surface area contributed by atoms with E-state index in [4.69, 9.17) is 0 Å². The third kappa shape index (κ3) is 2.14. The highest BCUT2D eigenvalue weighted by atomic mass is 15.4. The van der Waals surface area contributed by atoms with Crippen LogP contribution in [0.15, 0.2) is 18.3 Å². The van der Waals surface area contributed by atoms with Crippen molar-refractivity contribution in [2.75, 3.05) is 32.1 Å². The Morgan fingerprint density at radius 2 is 2.31 bits per heavy atom. The van der Waals surface area contributed by atoms with Crippen molar-refractivity contribution < 1.29 is 0 Å². The maximum absolute atomic E-state index is 4.48. The topological polar surface area (TPSA) is 45.5 Å². The zero-order valence-corrected chi connectivity index (χ0v) is 9.94. The van der Waals surface area contributed by atoms with Gasteiger partial charge in [-0.15, -0.1) is 5.10 Å². The van der Waals surface area contributed by atoms with Gasteiger partial charge >= 0.3 is 0 Å². The molecule has 0 aromatic carbocycles. The van der Waals surface area contributed by atoms with Gasteiger partial charge in [-0.1, -0.05) is 0 Å². The average molecular weight is 219 g/mol. The highest BCUT2D eigenvalue weighted by molar-refractivity contribution is 5.46. The van der Waals surface area contributed by atoms with E-state index >= 15 is 0 Å². The van der Waals surface area contributed by atoms with Crippen LogP contribution in [-0.2, 0) is 0 Å². The Bertz CT molecular complexity index is 476. The second-order valence-corrected chi connectivity index (χ2v) is 3.94. The molecule has 0 saturated heterocycles. The van der Waals surface area contributed by atoms with Crippen LogP contribution in [0.25, 0.3) is 5.65 Å². The van der Waals surface area contributed by atoms with Gasteiger partial charge in [-0.05, 0) is 31.7 Å². The first-order valence-electron chi connectivity index (χ1n) is 5.39. The fraction of sp³-hybridized carbons (Fsp3) is 0.455. The smallest absolute Gasteiger partial charge is 0.245 e. The Morgan fingerprint density at radius 1 is 1.50 bits per heavy atom. The predicted molar refractivity (Wildman–Crippen MR) is 64.9 cm³/mol. The SMILES string of the molecule is CNCCN(C)c1nc2cc(C)ccn2n1. The van der Waals surface area contributed by atoms with Crippen LogP contribution >= 0.6 is 0 Å². The lowest BCUT2D eigenvalue weighted by atomic mass is 10.3. The van der Waals surface area contributed by atoms with Crippen molar-refractivity contribution in [1.82, 2.24) is 19.9 Å². The summed E-state index contributed by atoms with van der Waals surface area (Å²) in [7, 11) is 3.94. The van der Waals surface area contributed by atoms with Gasteiger partial charge in [0, 0.05) is 26.3 Å². The third-order valence-corrected chi connectivity index (χ3v) is 2.52. The molecule has 0 spiro atoms. The van der Waals surface area contributed by atoms with Crippen molar-refractivity contribution >= 4 is 11.6 Å². The first-order chi connectivity index (χ1) is 7.70. The van der Waals surface area contributed by atoms with Crippen molar-refractivity contribution in [3.63, 3.8) is 0 Å². The van der Waals surface area contributed by atoms with E-state index in [2.05, 4.69) is 22.3 Å². The van der Waals surface area contributed by atoms with E-state index in [1.807, 2.05) is 37.3 Å². The maximum atomic E-state index is 4.48.